The van der Waals surface area contributed by atoms with Gasteiger partial charge in [-0.3, -0.25) is 0 Å². The highest BCUT2D eigenvalue weighted by atomic mass is 19.4. The van der Waals surface area contributed by atoms with Crippen LogP contribution in [0.25, 0.3) is 0 Å². The molecule has 0 aliphatic heterocycles. The molecule has 2 aromatic carbocycles. The zero-order valence-corrected chi connectivity index (χ0v) is 10.6. The molecule has 1 aliphatic rings. The molecule has 104 valence electrons. The van der Waals surface area contributed by atoms with Crippen molar-refractivity contribution in [2.45, 2.75) is 24.6 Å². The Balaban J connectivity index is 1.99. The highest BCUT2D eigenvalue weighted by Gasteiger charge is 2.38. The van der Waals surface area contributed by atoms with E-state index in [4.69, 9.17) is 0 Å². The second-order valence-electron chi connectivity index (χ2n) is 5.23. The molecule has 0 amide bonds. The van der Waals surface area contributed by atoms with Crippen LogP contribution in [0.5, 0.6) is 0 Å². The van der Waals surface area contributed by atoms with Crippen molar-refractivity contribution >= 4 is 0 Å². The average Bonchev–Trinajstić information content (AvgIpc) is 2.75. The summed E-state index contributed by atoms with van der Waals surface area (Å²) in [5, 5.41) is 10.7. The minimum atomic E-state index is -4.39. The van der Waals surface area contributed by atoms with Crippen LogP contribution < -0.4 is 0 Å². The summed E-state index contributed by atoms with van der Waals surface area (Å²) in [6.07, 6.45) is -3.69. The predicted octanol–water partition coefficient (Wildman–Crippen LogP) is 3.69. The molecule has 0 fully saturated rings. The van der Waals surface area contributed by atoms with Crippen LogP contribution in [-0.4, -0.2) is 5.11 Å². The van der Waals surface area contributed by atoms with Gasteiger partial charge in [0.1, 0.15) is 0 Å². The Morgan fingerprint density at radius 2 is 1.50 bits per heavy atom. The predicted molar refractivity (Wildman–Crippen MR) is 69.2 cm³/mol. The summed E-state index contributed by atoms with van der Waals surface area (Å²) in [5.74, 6) is 0. The van der Waals surface area contributed by atoms with Crippen molar-refractivity contribution in [1.82, 2.24) is 0 Å². The Kier molecular flexibility index (Phi) is 2.87. The standard InChI is InChI=1S/C16H13F3O/c17-16(18,19)14-7-3-6-13(8-14)15(20)9-11-4-1-2-5-12(11)10-15/h1-8,20H,9-10H2. The lowest BCUT2D eigenvalue weighted by atomic mass is 9.89. The minimum Gasteiger partial charge on any atom is -0.384 e. The van der Waals surface area contributed by atoms with Crippen LogP contribution in [0.1, 0.15) is 22.3 Å². The third-order valence-electron chi connectivity index (χ3n) is 3.81. The molecule has 2 aromatic rings. The Hall–Kier alpha value is -1.81. The molecule has 0 heterocycles. The molecular formula is C16H13F3O. The Morgan fingerprint density at radius 3 is 2.05 bits per heavy atom. The zero-order valence-electron chi connectivity index (χ0n) is 10.6. The van der Waals surface area contributed by atoms with Gasteiger partial charge in [0.2, 0.25) is 0 Å². The number of aliphatic hydroxyl groups is 1. The number of benzene rings is 2. The lowest BCUT2D eigenvalue weighted by Crippen LogP contribution is -2.26. The first-order valence-electron chi connectivity index (χ1n) is 6.35. The molecule has 0 radical (unpaired) electrons. The summed E-state index contributed by atoms with van der Waals surface area (Å²) < 4.78 is 38.3. The topological polar surface area (TPSA) is 20.2 Å². The first-order chi connectivity index (χ1) is 9.38. The lowest BCUT2D eigenvalue weighted by molar-refractivity contribution is -0.137. The fourth-order valence-electron chi connectivity index (χ4n) is 2.78. The molecule has 0 atom stereocenters. The quantitative estimate of drug-likeness (QED) is 0.843. The minimum absolute atomic E-state index is 0.323. The van der Waals surface area contributed by atoms with E-state index in [1.165, 1.54) is 6.07 Å². The van der Waals surface area contributed by atoms with Gasteiger partial charge in [-0.05, 0) is 28.8 Å². The van der Waals surface area contributed by atoms with Crippen LogP contribution in [0.2, 0.25) is 0 Å². The molecule has 1 nitrogen and oxygen atoms in total. The summed E-state index contributed by atoms with van der Waals surface area (Å²) >= 11 is 0. The third kappa shape index (κ3) is 2.20. The van der Waals surface area contributed by atoms with Crippen molar-refractivity contribution < 1.29 is 18.3 Å². The van der Waals surface area contributed by atoms with Crippen molar-refractivity contribution in [2.24, 2.45) is 0 Å². The number of hydrogen-bond acceptors (Lipinski definition) is 1. The number of alkyl halides is 3. The maximum absolute atomic E-state index is 12.8. The van der Waals surface area contributed by atoms with Crippen molar-refractivity contribution in [3.05, 3.63) is 70.8 Å². The van der Waals surface area contributed by atoms with Crippen LogP contribution in [0.4, 0.5) is 13.2 Å². The second kappa shape index (κ2) is 4.35. The van der Waals surface area contributed by atoms with E-state index in [0.29, 0.717) is 18.4 Å². The van der Waals surface area contributed by atoms with Crippen molar-refractivity contribution in [1.29, 1.82) is 0 Å². The fourth-order valence-corrected chi connectivity index (χ4v) is 2.78. The molecule has 0 aromatic heterocycles. The Morgan fingerprint density at radius 1 is 0.900 bits per heavy atom. The number of rotatable bonds is 1. The van der Waals surface area contributed by atoms with Gasteiger partial charge in [-0.1, -0.05) is 36.4 Å². The summed E-state index contributed by atoms with van der Waals surface area (Å²) in [4.78, 5) is 0. The van der Waals surface area contributed by atoms with E-state index in [1.54, 1.807) is 6.07 Å². The van der Waals surface area contributed by atoms with Crippen LogP contribution in [0.3, 0.4) is 0 Å². The first kappa shape index (κ1) is 13.2. The molecule has 0 spiro atoms. The molecule has 20 heavy (non-hydrogen) atoms. The smallest absolute Gasteiger partial charge is 0.384 e. The molecule has 1 N–H and O–H groups in total. The Bertz CT molecular complexity index is 621. The molecule has 0 saturated heterocycles. The average molecular weight is 278 g/mol. The van der Waals surface area contributed by atoms with Crippen LogP contribution >= 0.6 is 0 Å². The monoisotopic (exact) mass is 278 g/mol. The second-order valence-corrected chi connectivity index (χ2v) is 5.23. The Labute approximate surface area is 114 Å². The van der Waals surface area contributed by atoms with E-state index in [-0.39, 0.29) is 0 Å². The van der Waals surface area contributed by atoms with Gasteiger partial charge < -0.3 is 5.11 Å². The van der Waals surface area contributed by atoms with Gasteiger partial charge in [0.15, 0.2) is 0 Å². The highest BCUT2D eigenvalue weighted by Crippen LogP contribution is 2.39. The summed E-state index contributed by atoms with van der Waals surface area (Å²) in [5.41, 5.74) is 0.341. The number of halogens is 3. The number of fused-ring (bicyclic) bond motifs is 1. The van der Waals surface area contributed by atoms with Crippen molar-refractivity contribution in [3.63, 3.8) is 0 Å². The zero-order chi connectivity index (χ0) is 14.4. The largest absolute Gasteiger partial charge is 0.416 e. The molecular weight excluding hydrogens is 265 g/mol. The van der Waals surface area contributed by atoms with Crippen molar-refractivity contribution in [3.8, 4) is 0 Å². The van der Waals surface area contributed by atoms with Crippen LogP contribution in [0.15, 0.2) is 48.5 Å². The van der Waals surface area contributed by atoms with Gasteiger partial charge in [-0.2, -0.15) is 13.2 Å². The summed E-state index contributed by atoms with van der Waals surface area (Å²) in [7, 11) is 0. The third-order valence-corrected chi connectivity index (χ3v) is 3.81. The van der Waals surface area contributed by atoms with E-state index < -0.39 is 17.3 Å². The summed E-state index contributed by atoms with van der Waals surface area (Å²) in [6, 6.07) is 12.5. The van der Waals surface area contributed by atoms with E-state index in [2.05, 4.69) is 0 Å². The van der Waals surface area contributed by atoms with Gasteiger partial charge in [-0.25, -0.2) is 0 Å². The van der Waals surface area contributed by atoms with E-state index in [1.807, 2.05) is 24.3 Å². The molecule has 0 saturated carbocycles. The van der Waals surface area contributed by atoms with E-state index in [9.17, 15) is 18.3 Å². The molecule has 4 heteroatoms. The maximum atomic E-state index is 12.8. The van der Waals surface area contributed by atoms with Gasteiger partial charge in [0.05, 0.1) is 11.2 Å². The van der Waals surface area contributed by atoms with Gasteiger partial charge >= 0.3 is 6.18 Å². The molecule has 0 unspecified atom stereocenters. The molecule has 1 aliphatic carbocycles. The van der Waals surface area contributed by atoms with E-state index in [0.717, 1.165) is 23.3 Å². The fraction of sp³-hybridized carbons (Fsp3) is 0.250. The highest BCUT2D eigenvalue weighted by molar-refractivity contribution is 5.41. The SMILES string of the molecule is OC1(c2cccc(C(F)(F)F)c2)Cc2ccccc2C1. The normalized spacial score (nSPS) is 17.0. The van der Waals surface area contributed by atoms with Crippen LogP contribution in [-0.2, 0) is 24.6 Å². The first-order valence-corrected chi connectivity index (χ1v) is 6.35. The van der Waals surface area contributed by atoms with E-state index >= 15 is 0 Å². The molecule has 3 rings (SSSR count). The lowest BCUT2D eigenvalue weighted by Gasteiger charge is -2.23. The van der Waals surface area contributed by atoms with Crippen molar-refractivity contribution in [2.75, 3.05) is 0 Å². The van der Waals surface area contributed by atoms with Gasteiger partial charge in [0.25, 0.3) is 0 Å². The summed E-state index contributed by atoms with van der Waals surface area (Å²) in [6.45, 7) is 0. The van der Waals surface area contributed by atoms with Gasteiger partial charge in [-0.15, -0.1) is 0 Å². The van der Waals surface area contributed by atoms with Gasteiger partial charge in [0, 0.05) is 12.8 Å². The van der Waals surface area contributed by atoms with Crippen LogP contribution in [0, 0.1) is 0 Å². The molecule has 0 bridgehead atoms. The number of hydrogen-bond donors (Lipinski definition) is 1. The maximum Gasteiger partial charge on any atom is 0.416 e.